The number of nitrogens with zero attached hydrogens (tertiary/aromatic N) is 2. The number of fused-ring (bicyclic) bond motifs is 7. The molecule has 0 aliphatic heterocycles. The maximum atomic E-state index is 13.7. The molecule has 0 amide bonds. The van der Waals surface area contributed by atoms with Crippen LogP contribution in [0.2, 0.25) is 0 Å². The number of thiophene rings is 1. The van der Waals surface area contributed by atoms with E-state index in [0.717, 1.165) is 44.4 Å². The lowest BCUT2D eigenvalue weighted by Crippen LogP contribution is -2.07. The molecular weight excluding hydrogens is 534 g/mol. The quantitative estimate of drug-likeness (QED) is 0.190. The summed E-state index contributed by atoms with van der Waals surface area (Å²) < 4.78 is 87.4. The Morgan fingerprint density at radius 2 is 0.897 bits per heavy atom. The van der Waals surface area contributed by atoms with Gasteiger partial charge in [-0.05, 0) is 48.5 Å². The summed E-state index contributed by atoms with van der Waals surface area (Å²) >= 11 is 1.49. The van der Waals surface area contributed by atoms with E-state index >= 15 is 0 Å². The van der Waals surface area contributed by atoms with Gasteiger partial charge in [0.25, 0.3) is 0 Å². The molecule has 0 N–H and O–H groups in total. The van der Waals surface area contributed by atoms with Crippen LogP contribution < -0.4 is 0 Å². The minimum Gasteiger partial charge on any atom is -0.306 e. The molecule has 0 aliphatic carbocycles. The highest BCUT2D eigenvalue weighted by atomic mass is 32.1. The molecule has 0 unspecified atom stereocenters. The first-order valence-corrected chi connectivity index (χ1v) is 12.7. The Balaban J connectivity index is 1.67. The number of halogens is 6. The second-order valence-corrected chi connectivity index (χ2v) is 10.3. The van der Waals surface area contributed by atoms with E-state index < -0.39 is 23.5 Å². The van der Waals surface area contributed by atoms with Crippen LogP contribution in [0.3, 0.4) is 0 Å². The third kappa shape index (κ3) is 3.56. The predicted octanol–water partition coefficient (Wildman–Crippen LogP) is 9.98. The minimum atomic E-state index is -4.53. The monoisotopic (exact) mass is 550 g/mol. The lowest BCUT2D eigenvalue weighted by atomic mass is 10.2. The Hall–Kier alpha value is -4.24. The van der Waals surface area contributed by atoms with Crippen molar-refractivity contribution < 1.29 is 26.3 Å². The van der Waals surface area contributed by atoms with Crippen molar-refractivity contribution in [3.8, 4) is 11.4 Å². The second-order valence-electron chi connectivity index (χ2n) is 9.26. The Morgan fingerprint density at radius 1 is 0.487 bits per heavy atom. The summed E-state index contributed by atoms with van der Waals surface area (Å²) in [6.07, 6.45) is -9.07. The highest BCUT2D eigenvalue weighted by Gasteiger charge is 2.32. The van der Waals surface area contributed by atoms with Gasteiger partial charge in [0.15, 0.2) is 0 Å². The van der Waals surface area contributed by atoms with Crippen LogP contribution in [0.25, 0.3) is 53.6 Å². The van der Waals surface area contributed by atoms with Crippen LogP contribution >= 0.6 is 11.3 Å². The van der Waals surface area contributed by atoms with E-state index in [2.05, 4.69) is 0 Å². The number of para-hydroxylation sites is 2. The van der Waals surface area contributed by atoms with Crippen molar-refractivity contribution >= 4 is 53.6 Å². The van der Waals surface area contributed by atoms with Gasteiger partial charge in [-0.2, -0.15) is 26.3 Å². The zero-order valence-electron chi connectivity index (χ0n) is 19.8. The van der Waals surface area contributed by atoms with Gasteiger partial charge in [0.05, 0.1) is 42.6 Å². The van der Waals surface area contributed by atoms with E-state index in [4.69, 9.17) is 0 Å². The van der Waals surface area contributed by atoms with E-state index in [1.54, 1.807) is 21.3 Å². The van der Waals surface area contributed by atoms with E-state index in [1.165, 1.54) is 23.5 Å². The summed E-state index contributed by atoms with van der Waals surface area (Å²) in [6, 6.07) is 25.1. The van der Waals surface area contributed by atoms with Crippen LogP contribution in [0.15, 0.2) is 97.1 Å². The Labute approximate surface area is 220 Å². The Kier molecular flexibility index (Phi) is 4.97. The van der Waals surface area contributed by atoms with Crippen molar-refractivity contribution in [2.75, 3.05) is 0 Å². The zero-order chi connectivity index (χ0) is 27.1. The smallest absolute Gasteiger partial charge is 0.306 e. The lowest BCUT2D eigenvalue weighted by Gasteiger charge is -2.14. The van der Waals surface area contributed by atoms with Gasteiger partial charge in [-0.15, -0.1) is 11.3 Å². The van der Waals surface area contributed by atoms with Crippen LogP contribution in [-0.2, 0) is 12.4 Å². The van der Waals surface area contributed by atoms with Gasteiger partial charge in [-0.25, -0.2) is 0 Å². The largest absolute Gasteiger partial charge is 0.416 e. The molecule has 0 fully saturated rings. The molecule has 3 aromatic heterocycles. The fourth-order valence-corrected chi connectivity index (χ4v) is 6.67. The molecule has 194 valence electrons. The van der Waals surface area contributed by atoms with Crippen molar-refractivity contribution in [2.45, 2.75) is 12.4 Å². The highest BCUT2D eigenvalue weighted by molar-refractivity contribution is 7.27. The molecule has 4 aromatic carbocycles. The summed E-state index contributed by atoms with van der Waals surface area (Å²) in [5, 5.41) is 1.71. The van der Waals surface area contributed by atoms with Gasteiger partial charge in [0, 0.05) is 22.1 Å². The third-order valence-electron chi connectivity index (χ3n) is 6.95. The summed E-state index contributed by atoms with van der Waals surface area (Å²) in [6.45, 7) is 0. The number of benzene rings is 4. The van der Waals surface area contributed by atoms with Crippen molar-refractivity contribution in [1.29, 1.82) is 0 Å². The van der Waals surface area contributed by atoms with Crippen molar-refractivity contribution in [3.63, 3.8) is 0 Å². The standard InChI is InChI=1S/C30H16F6N2S/c31-29(32,33)17-7-5-9-19(15-17)37-23-13-3-1-11-21(23)27-25(37)26-28(39-27)22-12-2-4-14-24(22)38(26)20-10-6-8-18(16-20)30(34,35)36/h1-16H. The highest BCUT2D eigenvalue weighted by Crippen LogP contribution is 2.47. The van der Waals surface area contributed by atoms with Gasteiger partial charge in [0.2, 0.25) is 0 Å². The first-order chi connectivity index (χ1) is 18.6. The maximum Gasteiger partial charge on any atom is 0.416 e. The van der Waals surface area contributed by atoms with Gasteiger partial charge in [-0.1, -0.05) is 48.5 Å². The summed E-state index contributed by atoms with van der Waals surface area (Å²) in [4.78, 5) is 0. The van der Waals surface area contributed by atoms with Crippen LogP contribution in [0, 0.1) is 0 Å². The average Bonchev–Trinajstić information content (AvgIpc) is 3.54. The molecular formula is C30H16F6N2S. The van der Waals surface area contributed by atoms with Crippen molar-refractivity contribution in [1.82, 2.24) is 9.13 Å². The maximum absolute atomic E-state index is 13.7. The molecule has 0 saturated heterocycles. The third-order valence-corrected chi connectivity index (χ3v) is 8.18. The van der Waals surface area contributed by atoms with Gasteiger partial charge in [0.1, 0.15) is 0 Å². The molecule has 3 heterocycles. The fourth-order valence-electron chi connectivity index (χ4n) is 5.33. The van der Waals surface area contributed by atoms with Crippen LogP contribution in [0.4, 0.5) is 26.3 Å². The molecule has 2 nitrogen and oxygen atoms in total. The SMILES string of the molecule is FC(F)(F)c1cccc(-n2c3ccccc3c3sc4c5ccccc5n(-c5cccc(C(F)(F)F)c5)c4c32)c1. The first kappa shape index (κ1) is 23.8. The number of hydrogen-bond acceptors (Lipinski definition) is 1. The normalized spacial score (nSPS) is 12.9. The second kappa shape index (κ2) is 8.13. The number of rotatable bonds is 2. The van der Waals surface area contributed by atoms with Crippen molar-refractivity contribution in [3.05, 3.63) is 108 Å². The number of alkyl halides is 6. The average molecular weight is 551 g/mol. The summed E-state index contributed by atoms with van der Waals surface area (Å²) in [5.41, 5.74) is 1.77. The molecule has 0 saturated carbocycles. The molecule has 7 rings (SSSR count). The lowest BCUT2D eigenvalue weighted by molar-refractivity contribution is -0.138. The topological polar surface area (TPSA) is 9.86 Å². The molecule has 39 heavy (non-hydrogen) atoms. The molecule has 0 aliphatic rings. The number of aromatic nitrogens is 2. The zero-order valence-corrected chi connectivity index (χ0v) is 20.6. The minimum absolute atomic E-state index is 0.316. The van der Waals surface area contributed by atoms with E-state index in [0.29, 0.717) is 33.4 Å². The molecule has 0 atom stereocenters. The molecule has 0 spiro atoms. The molecule has 0 radical (unpaired) electrons. The van der Waals surface area contributed by atoms with Gasteiger partial charge >= 0.3 is 12.4 Å². The van der Waals surface area contributed by atoms with Crippen LogP contribution in [0.1, 0.15) is 11.1 Å². The van der Waals surface area contributed by atoms with Crippen molar-refractivity contribution in [2.24, 2.45) is 0 Å². The molecule has 0 bridgehead atoms. The van der Waals surface area contributed by atoms with E-state index in [9.17, 15) is 26.3 Å². The predicted molar refractivity (Wildman–Crippen MR) is 143 cm³/mol. The first-order valence-electron chi connectivity index (χ1n) is 11.9. The fraction of sp³-hybridized carbons (Fsp3) is 0.0667. The summed E-state index contributed by atoms with van der Waals surface area (Å²) in [5.74, 6) is 0. The van der Waals surface area contributed by atoms with Gasteiger partial charge in [-0.3, -0.25) is 0 Å². The Morgan fingerprint density at radius 3 is 1.31 bits per heavy atom. The number of hydrogen-bond donors (Lipinski definition) is 0. The van der Waals surface area contributed by atoms with E-state index in [-0.39, 0.29) is 0 Å². The van der Waals surface area contributed by atoms with Gasteiger partial charge < -0.3 is 9.13 Å². The molecule has 9 heteroatoms. The summed E-state index contributed by atoms with van der Waals surface area (Å²) in [7, 11) is 0. The Bertz CT molecular complexity index is 1910. The van der Waals surface area contributed by atoms with E-state index in [1.807, 2.05) is 48.5 Å². The van der Waals surface area contributed by atoms with Crippen LogP contribution in [-0.4, -0.2) is 9.13 Å². The van der Waals surface area contributed by atoms with Crippen LogP contribution in [0.5, 0.6) is 0 Å². The molecule has 7 aromatic rings.